The van der Waals surface area contributed by atoms with Crippen LogP contribution in [0.3, 0.4) is 0 Å². The van der Waals surface area contributed by atoms with Gasteiger partial charge in [-0.1, -0.05) is 24.3 Å². The summed E-state index contributed by atoms with van der Waals surface area (Å²) in [6.07, 6.45) is 0. The second-order valence-electron chi connectivity index (χ2n) is 3.35. The molecule has 0 fully saturated rings. The van der Waals surface area contributed by atoms with Gasteiger partial charge in [-0.15, -0.1) is 0 Å². The van der Waals surface area contributed by atoms with Gasteiger partial charge in [0.25, 0.3) is 0 Å². The maximum Gasteiger partial charge on any atom is 0.398 e. The summed E-state index contributed by atoms with van der Waals surface area (Å²) in [5.41, 5.74) is -0.689. The van der Waals surface area contributed by atoms with Gasteiger partial charge < -0.3 is 5.11 Å². The standard InChI is InChI=1S/C10H6N2O4S/c11-12-9-8(17(14,15)16)5-6-3-1-2-4-7(6)10(9)13/h1-5H,(H-,13,14,15,16). The van der Waals surface area contributed by atoms with E-state index in [-0.39, 0.29) is 5.39 Å². The Kier molecular flexibility index (Phi) is 2.46. The van der Waals surface area contributed by atoms with Crippen LogP contribution in [-0.4, -0.2) is 13.0 Å². The molecule has 0 amide bonds. The lowest BCUT2D eigenvalue weighted by Gasteiger charge is -2.08. The lowest BCUT2D eigenvalue weighted by molar-refractivity contribution is -0.264. The van der Waals surface area contributed by atoms with Crippen LogP contribution in [-0.2, 0) is 10.1 Å². The van der Waals surface area contributed by atoms with Crippen molar-refractivity contribution >= 4 is 26.6 Å². The molecule has 0 unspecified atom stereocenters. The summed E-state index contributed by atoms with van der Waals surface area (Å²) in [6, 6.07) is 7.29. The third kappa shape index (κ3) is 1.80. The Morgan fingerprint density at radius 2 is 1.94 bits per heavy atom. The van der Waals surface area contributed by atoms with Crippen molar-refractivity contribution in [1.29, 1.82) is 5.39 Å². The predicted molar refractivity (Wildman–Crippen MR) is 58.0 cm³/mol. The first kappa shape index (κ1) is 11.3. The Morgan fingerprint density at radius 1 is 1.29 bits per heavy atom. The normalized spacial score (nSPS) is 11.3. The van der Waals surface area contributed by atoms with E-state index < -0.39 is 26.5 Å². The van der Waals surface area contributed by atoms with Crippen molar-refractivity contribution in [3.63, 3.8) is 0 Å². The van der Waals surface area contributed by atoms with Crippen LogP contribution in [0.15, 0.2) is 35.2 Å². The molecule has 2 aromatic rings. The second-order valence-corrected chi connectivity index (χ2v) is 4.74. The van der Waals surface area contributed by atoms with Crippen molar-refractivity contribution in [3.05, 3.63) is 35.3 Å². The lowest BCUT2D eigenvalue weighted by atomic mass is 10.1. The van der Waals surface area contributed by atoms with E-state index in [4.69, 9.17) is 9.95 Å². The quantitative estimate of drug-likeness (QED) is 0.611. The third-order valence-corrected chi connectivity index (χ3v) is 3.19. The number of hydrogen-bond donors (Lipinski definition) is 1. The lowest BCUT2D eigenvalue weighted by Crippen LogP contribution is -2.01. The molecule has 1 N–H and O–H groups in total. The van der Waals surface area contributed by atoms with Crippen molar-refractivity contribution in [2.24, 2.45) is 0 Å². The van der Waals surface area contributed by atoms with Gasteiger partial charge in [0.2, 0.25) is 5.39 Å². The minimum absolute atomic E-state index is 0.215. The molecule has 7 heteroatoms. The Morgan fingerprint density at radius 3 is 2.53 bits per heavy atom. The molecule has 0 aromatic heterocycles. The molecular formula is C10H6N2O4S. The van der Waals surface area contributed by atoms with E-state index >= 15 is 0 Å². The van der Waals surface area contributed by atoms with Crippen LogP contribution in [0.4, 0.5) is 5.69 Å². The Bertz CT molecular complexity index is 747. The Labute approximate surface area is 96.5 Å². The van der Waals surface area contributed by atoms with Gasteiger partial charge in [0.1, 0.15) is 0 Å². The highest BCUT2D eigenvalue weighted by atomic mass is 32.2. The molecule has 0 saturated heterocycles. The van der Waals surface area contributed by atoms with E-state index in [1.165, 1.54) is 12.1 Å². The van der Waals surface area contributed by atoms with Crippen molar-refractivity contribution in [1.82, 2.24) is 0 Å². The van der Waals surface area contributed by atoms with Crippen LogP contribution >= 0.6 is 0 Å². The maximum absolute atomic E-state index is 11.8. The van der Waals surface area contributed by atoms with E-state index in [0.717, 1.165) is 6.07 Å². The zero-order valence-corrected chi connectivity index (χ0v) is 9.18. The summed E-state index contributed by atoms with van der Waals surface area (Å²) in [7, 11) is -4.61. The molecule has 17 heavy (non-hydrogen) atoms. The Hall–Kier alpha value is -2.17. The molecule has 0 bridgehead atoms. The molecule has 2 rings (SSSR count). The van der Waals surface area contributed by atoms with Gasteiger partial charge >= 0.3 is 15.8 Å². The van der Waals surface area contributed by atoms with E-state index in [0.29, 0.717) is 5.39 Å². The molecule has 0 atom stereocenters. The monoisotopic (exact) mass is 250 g/mol. The molecule has 6 nitrogen and oxygen atoms in total. The summed E-state index contributed by atoms with van der Waals surface area (Å²) < 4.78 is 31.1. The molecule has 0 radical (unpaired) electrons. The summed E-state index contributed by atoms with van der Waals surface area (Å²) in [6.45, 7) is 0. The third-order valence-electron chi connectivity index (χ3n) is 2.32. The highest BCUT2D eigenvalue weighted by Gasteiger charge is 2.26. The van der Waals surface area contributed by atoms with Crippen LogP contribution in [0.25, 0.3) is 15.7 Å². The molecule has 0 aliphatic heterocycles. The van der Waals surface area contributed by atoms with Gasteiger partial charge in [-0.2, -0.15) is 8.42 Å². The number of rotatable bonds is 1. The van der Waals surface area contributed by atoms with Gasteiger partial charge in [0, 0.05) is 0 Å². The number of nitrogens with zero attached hydrogens (tertiary/aromatic N) is 2. The topological polar surface area (TPSA) is 106 Å². The fourth-order valence-electron chi connectivity index (χ4n) is 1.57. The van der Waals surface area contributed by atoms with Gasteiger partial charge in [0.05, 0.1) is 0 Å². The maximum atomic E-state index is 11.8. The Balaban J connectivity index is 3.02. The van der Waals surface area contributed by atoms with Crippen LogP contribution in [0, 0.1) is 5.39 Å². The molecule has 0 aliphatic carbocycles. The van der Waals surface area contributed by atoms with Gasteiger partial charge in [-0.3, -0.25) is 4.55 Å². The average Bonchev–Trinajstić information content (AvgIpc) is 2.28. The van der Waals surface area contributed by atoms with E-state index in [2.05, 4.69) is 4.98 Å². The first-order valence-corrected chi connectivity index (χ1v) is 5.94. The first-order chi connectivity index (χ1) is 7.95. The predicted octanol–water partition coefficient (Wildman–Crippen LogP) is 1.64. The molecule has 0 heterocycles. The zero-order valence-electron chi connectivity index (χ0n) is 8.36. The van der Waals surface area contributed by atoms with E-state index in [1.807, 2.05) is 0 Å². The number of hydrogen-bond acceptors (Lipinski definition) is 4. The molecule has 86 valence electrons. The van der Waals surface area contributed by atoms with Crippen molar-refractivity contribution < 1.29 is 18.1 Å². The summed E-state index contributed by atoms with van der Waals surface area (Å²) in [5.74, 6) is -0.752. The van der Waals surface area contributed by atoms with Gasteiger partial charge in [0.15, 0.2) is 9.87 Å². The van der Waals surface area contributed by atoms with Crippen LogP contribution in [0.5, 0.6) is 5.75 Å². The second kappa shape index (κ2) is 3.69. The minimum Gasteiger partial charge on any atom is -0.867 e. The fraction of sp³-hybridized carbons (Fsp3) is 0. The van der Waals surface area contributed by atoms with Crippen molar-refractivity contribution in [2.45, 2.75) is 4.90 Å². The first-order valence-electron chi connectivity index (χ1n) is 4.50. The zero-order chi connectivity index (χ0) is 12.6. The molecule has 0 aliphatic rings. The number of benzene rings is 2. The molecular weight excluding hydrogens is 244 g/mol. The van der Waals surface area contributed by atoms with Gasteiger partial charge in [-0.05, 0) is 22.6 Å². The van der Waals surface area contributed by atoms with Crippen LogP contribution in [0.2, 0.25) is 0 Å². The minimum atomic E-state index is -4.61. The number of diazo groups is 1. The van der Waals surface area contributed by atoms with Crippen molar-refractivity contribution in [2.75, 3.05) is 0 Å². The molecule has 0 saturated carbocycles. The van der Waals surface area contributed by atoms with E-state index in [9.17, 15) is 13.5 Å². The molecule has 0 spiro atoms. The largest absolute Gasteiger partial charge is 0.867 e. The summed E-state index contributed by atoms with van der Waals surface area (Å²) >= 11 is 0. The summed E-state index contributed by atoms with van der Waals surface area (Å²) in [4.78, 5) is 1.93. The highest BCUT2D eigenvalue weighted by Crippen LogP contribution is 2.38. The van der Waals surface area contributed by atoms with Crippen LogP contribution in [0.1, 0.15) is 0 Å². The smallest absolute Gasteiger partial charge is 0.398 e. The number of fused-ring (bicyclic) bond motifs is 1. The SMILES string of the molecule is N#[N+]c1c(S(=O)(=O)O)cc2ccccc2c1[O-]. The van der Waals surface area contributed by atoms with Gasteiger partial charge in [-0.25, -0.2) is 0 Å². The van der Waals surface area contributed by atoms with Crippen molar-refractivity contribution in [3.8, 4) is 5.75 Å². The van der Waals surface area contributed by atoms with E-state index in [1.54, 1.807) is 12.1 Å². The molecule has 2 aromatic carbocycles. The van der Waals surface area contributed by atoms with Crippen LogP contribution < -0.4 is 5.11 Å². The average molecular weight is 250 g/mol. The fourth-order valence-corrected chi connectivity index (χ4v) is 2.22. The summed E-state index contributed by atoms with van der Waals surface area (Å²) in [5, 5.41) is 21.0. The highest BCUT2D eigenvalue weighted by molar-refractivity contribution is 7.86.